The molecule has 1 aromatic rings. The third kappa shape index (κ3) is 3.10. The van der Waals surface area contributed by atoms with Crippen molar-refractivity contribution in [1.29, 1.82) is 0 Å². The van der Waals surface area contributed by atoms with Gasteiger partial charge in [0.15, 0.2) is 5.92 Å². The molecule has 1 heterocycles. The number of aromatic nitrogens is 2. The van der Waals surface area contributed by atoms with E-state index in [9.17, 15) is 9.59 Å². The third-order valence-corrected chi connectivity index (χ3v) is 3.56. The number of carbonyl (C=O) groups is 2. The summed E-state index contributed by atoms with van der Waals surface area (Å²) in [4.78, 5) is 22.7. The van der Waals surface area contributed by atoms with Gasteiger partial charge in [0.05, 0.1) is 22.5 Å². The Morgan fingerprint density at radius 2 is 2.17 bits per heavy atom. The normalized spacial score (nSPS) is 12.2. The summed E-state index contributed by atoms with van der Waals surface area (Å²) in [6, 6.07) is 0. The molecule has 1 aromatic heterocycles. The second-order valence-corrected chi connectivity index (χ2v) is 4.61. The number of rotatable bonds is 5. The average Bonchev–Trinajstić information content (AvgIpc) is 2.50. The molecule has 0 fully saturated rings. The number of halogens is 1. The number of carboxylic acid groups (broad SMARTS) is 1. The number of carbonyl (C=O) groups excluding carboxylic acids is 1. The van der Waals surface area contributed by atoms with E-state index in [1.54, 1.807) is 25.6 Å². The number of hydrogen-bond donors (Lipinski definition) is 1. The lowest BCUT2D eigenvalue weighted by molar-refractivity contribution is -0.158. The first-order valence-electron chi connectivity index (χ1n) is 5.45. The van der Waals surface area contributed by atoms with Crippen molar-refractivity contribution in [2.75, 3.05) is 6.61 Å². The van der Waals surface area contributed by atoms with Gasteiger partial charge in [-0.05, 0) is 29.8 Å². The number of carboxylic acids is 1. The smallest absolute Gasteiger partial charge is 0.320 e. The van der Waals surface area contributed by atoms with Crippen LogP contribution in [0, 0.1) is 12.8 Å². The molecule has 18 heavy (non-hydrogen) atoms. The van der Waals surface area contributed by atoms with Crippen LogP contribution in [0.2, 0.25) is 0 Å². The van der Waals surface area contributed by atoms with Crippen molar-refractivity contribution >= 4 is 27.9 Å². The number of nitrogens with zero attached hydrogens (tertiary/aromatic N) is 2. The molecular weight excluding hydrogens is 304 g/mol. The number of aryl methyl sites for hydroxylation is 2. The van der Waals surface area contributed by atoms with Crippen LogP contribution in [0.1, 0.15) is 18.3 Å². The molecule has 0 aliphatic heterocycles. The van der Waals surface area contributed by atoms with Gasteiger partial charge in [0, 0.05) is 13.5 Å². The molecule has 0 saturated heterocycles. The number of aliphatic carboxylic acids is 1. The molecule has 0 aliphatic rings. The second-order valence-electron chi connectivity index (χ2n) is 3.82. The fourth-order valence-electron chi connectivity index (χ4n) is 1.61. The maximum Gasteiger partial charge on any atom is 0.320 e. The van der Waals surface area contributed by atoms with Gasteiger partial charge in [-0.3, -0.25) is 14.3 Å². The van der Waals surface area contributed by atoms with Crippen molar-refractivity contribution in [2.45, 2.75) is 20.3 Å². The van der Waals surface area contributed by atoms with Gasteiger partial charge < -0.3 is 9.84 Å². The van der Waals surface area contributed by atoms with Gasteiger partial charge in [-0.1, -0.05) is 0 Å². The minimum Gasteiger partial charge on any atom is -0.481 e. The summed E-state index contributed by atoms with van der Waals surface area (Å²) in [7, 11) is 1.71. The Morgan fingerprint density at radius 1 is 1.56 bits per heavy atom. The molecule has 0 spiro atoms. The van der Waals surface area contributed by atoms with E-state index in [1.807, 2.05) is 0 Å². The highest BCUT2D eigenvalue weighted by atomic mass is 79.9. The van der Waals surface area contributed by atoms with E-state index in [0.717, 1.165) is 10.2 Å². The Bertz CT molecular complexity index is 470. The van der Waals surface area contributed by atoms with Crippen LogP contribution in [0.15, 0.2) is 4.47 Å². The molecule has 0 radical (unpaired) electrons. The minimum absolute atomic E-state index is 0.0477. The van der Waals surface area contributed by atoms with Crippen molar-refractivity contribution in [3.8, 4) is 0 Å². The highest BCUT2D eigenvalue weighted by Crippen LogP contribution is 2.23. The first kappa shape index (κ1) is 14.7. The van der Waals surface area contributed by atoms with E-state index in [0.29, 0.717) is 5.69 Å². The summed E-state index contributed by atoms with van der Waals surface area (Å²) in [6.45, 7) is 3.60. The molecular formula is C11H15BrN2O4. The molecule has 0 saturated carbocycles. The first-order valence-corrected chi connectivity index (χ1v) is 6.25. The lowest BCUT2D eigenvalue weighted by Crippen LogP contribution is -2.28. The first-order chi connectivity index (χ1) is 8.38. The van der Waals surface area contributed by atoms with Crippen LogP contribution >= 0.6 is 15.9 Å². The SMILES string of the molecule is CCOC(=O)C(Cc1c(Br)c(C)nn1C)C(=O)O. The fraction of sp³-hybridized carbons (Fsp3) is 0.545. The Balaban J connectivity index is 2.97. The number of ether oxygens (including phenoxy) is 1. The molecule has 7 heteroatoms. The molecule has 6 nitrogen and oxygen atoms in total. The van der Waals surface area contributed by atoms with Crippen LogP contribution in [0.4, 0.5) is 0 Å². The van der Waals surface area contributed by atoms with E-state index in [-0.39, 0.29) is 13.0 Å². The lowest BCUT2D eigenvalue weighted by Gasteiger charge is -2.11. The van der Waals surface area contributed by atoms with Crippen LogP contribution in [-0.2, 0) is 27.8 Å². The van der Waals surface area contributed by atoms with E-state index < -0.39 is 17.9 Å². The van der Waals surface area contributed by atoms with Crippen molar-refractivity contribution in [3.05, 3.63) is 15.9 Å². The van der Waals surface area contributed by atoms with Gasteiger partial charge >= 0.3 is 11.9 Å². The zero-order valence-corrected chi connectivity index (χ0v) is 12.0. The van der Waals surface area contributed by atoms with Crippen LogP contribution in [0.25, 0.3) is 0 Å². The van der Waals surface area contributed by atoms with Crippen molar-refractivity contribution < 1.29 is 19.4 Å². The highest BCUT2D eigenvalue weighted by molar-refractivity contribution is 9.10. The topological polar surface area (TPSA) is 81.4 Å². The summed E-state index contributed by atoms with van der Waals surface area (Å²) >= 11 is 3.34. The average molecular weight is 319 g/mol. The van der Waals surface area contributed by atoms with Crippen molar-refractivity contribution in [1.82, 2.24) is 9.78 Å². The summed E-state index contributed by atoms with van der Waals surface area (Å²) in [6.07, 6.45) is 0.0477. The maximum absolute atomic E-state index is 11.6. The zero-order valence-electron chi connectivity index (χ0n) is 10.4. The van der Waals surface area contributed by atoms with Gasteiger partial charge in [0.1, 0.15) is 0 Å². The standard InChI is InChI=1S/C11H15BrN2O4/c1-4-18-11(17)7(10(15)16)5-8-9(12)6(2)13-14(8)3/h7H,4-5H2,1-3H3,(H,15,16). The van der Waals surface area contributed by atoms with Gasteiger partial charge in [0.2, 0.25) is 0 Å². The lowest BCUT2D eigenvalue weighted by atomic mass is 10.0. The van der Waals surface area contributed by atoms with Crippen LogP contribution in [0.3, 0.4) is 0 Å². The van der Waals surface area contributed by atoms with Gasteiger partial charge in [-0.15, -0.1) is 0 Å². The molecule has 100 valence electrons. The van der Waals surface area contributed by atoms with Gasteiger partial charge in [-0.2, -0.15) is 5.10 Å². The molecule has 0 bridgehead atoms. The van der Waals surface area contributed by atoms with Crippen molar-refractivity contribution in [3.63, 3.8) is 0 Å². The number of esters is 1. The minimum atomic E-state index is -1.21. The van der Waals surface area contributed by atoms with Gasteiger partial charge in [-0.25, -0.2) is 0 Å². The Hall–Kier alpha value is -1.37. The Kier molecular flexibility index (Phi) is 4.89. The summed E-state index contributed by atoms with van der Waals surface area (Å²) < 4.78 is 7.05. The summed E-state index contributed by atoms with van der Waals surface area (Å²) in [5.41, 5.74) is 1.41. The molecule has 0 aliphatic carbocycles. The molecule has 1 atom stereocenters. The fourth-order valence-corrected chi connectivity index (χ4v) is 2.11. The Labute approximate surface area is 113 Å². The van der Waals surface area contributed by atoms with Gasteiger partial charge in [0.25, 0.3) is 0 Å². The van der Waals surface area contributed by atoms with Crippen LogP contribution in [0.5, 0.6) is 0 Å². The van der Waals surface area contributed by atoms with E-state index in [1.165, 1.54) is 0 Å². The predicted molar refractivity (Wildman–Crippen MR) is 67.1 cm³/mol. The quantitative estimate of drug-likeness (QED) is 0.653. The largest absolute Gasteiger partial charge is 0.481 e. The molecule has 1 N–H and O–H groups in total. The maximum atomic E-state index is 11.6. The highest BCUT2D eigenvalue weighted by Gasteiger charge is 2.30. The van der Waals surface area contributed by atoms with E-state index in [4.69, 9.17) is 9.84 Å². The van der Waals surface area contributed by atoms with E-state index in [2.05, 4.69) is 21.0 Å². The predicted octanol–water partition coefficient (Wildman–Crippen LogP) is 1.30. The van der Waals surface area contributed by atoms with Crippen LogP contribution < -0.4 is 0 Å². The second kappa shape index (κ2) is 5.99. The molecule has 1 rings (SSSR count). The van der Waals surface area contributed by atoms with Crippen LogP contribution in [-0.4, -0.2) is 33.4 Å². The molecule has 1 unspecified atom stereocenters. The van der Waals surface area contributed by atoms with Crippen molar-refractivity contribution in [2.24, 2.45) is 13.0 Å². The molecule has 0 aromatic carbocycles. The third-order valence-electron chi connectivity index (χ3n) is 2.53. The Morgan fingerprint density at radius 3 is 2.56 bits per heavy atom. The molecule has 0 amide bonds. The summed E-state index contributed by atoms with van der Waals surface area (Å²) in [5, 5.41) is 13.2. The zero-order chi connectivity index (χ0) is 13.9. The number of hydrogen-bond acceptors (Lipinski definition) is 4. The summed E-state index contributed by atoms with van der Waals surface area (Å²) in [5.74, 6) is -3.13. The monoisotopic (exact) mass is 318 g/mol. The van der Waals surface area contributed by atoms with E-state index >= 15 is 0 Å².